The molecule has 1 aromatic carbocycles. The molecule has 2 aromatic heterocycles. The summed E-state index contributed by atoms with van der Waals surface area (Å²) in [6.45, 7) is 5.73. The van der Waals surface area contributed by atoms with Gasteiger partial charge in [0.15, 0.2) is 5.13 Å². The minimum absolute atomic E-state index is 0.0570. The van der Waals surface area contributed by atoms with Crippen LogP contribution >= 0.6 is 11.3 Å². The lowest BCUT2D eigenvalue weighted by Gasteiger charge is -2.13. The second kappa shape index (κ2) is 8.35. The van der Waals surface area contributed by atoms with Gasteiger partial charge in [0.25, 0.3) is 5.56 Å². The summed E-state index contributed by atoms with van der Waals surface area (Å²) >= 11 is 1.22. The molecular weight excluding hydrogens is 378 g/mol. The Bertz CT molecular complexity index is 1100. The van der Waals surface area contributed by atoms with E-state index in [2.05, 4.69) is 10.3 Å². The SMILES string of the molecule is CCOC(=O)Cc1csc(NC(=O)Cn2c(=O)cc(C)c3cccc(C)c32)n1. The molecule has 3 aromatic rings. The van der Waals surface area contributed by atoms with Crippen LogP contribution < -0.4 is 10.9 Å². The van der Waals surface area contributed by atoms with Gasteiger partial charge in [0, 0.05) is 16.8 Å². The molecule has 146 valence electrons. The number of pyridine rings is 1. The molecule has 0 aliphatic rings. The molecular formula is C20H21N3O4S. The van der Waals surface area contributed by atoms with Gasteiger partial charge in [-0.25, -0.2) is 4.98 Å². The lowest BCUT2D eigenvalue weighted by molar-refractivity contribution is -0.142. The van der Waals surface area contributed by atoms with E-state index < -0.39 is 0 Å². The van der Waals surface area contributed by atoms with Crippen LogP contribution in [0.4, 0.5) is 5.13 Å². The first kappa shape index (κ1) is 19.8. The summed E-state index contributed by atoms with van der Waals surface area (Å²) in [5.41, 5.74) is 2.87. The van der Waals surface area contributed by atoms with E-state index in [1.807, 2.05) is 32.0 Å². The maximum atomic E-state index is 12.5. The number of hydrogen-bond acceptors (Lipinski definition) is 6. The molecule has 8 heteroatoms. The fraction of sp³-hybridized carbons (Fsp3) is 0.300. The van der Waals surface area contributed by atoms with Crippen molar-refractivity contribution in [3.8, 4) is 0 Å². The van der Waals surface area contributed by atoms with Crippen molar-refractivity contribution in [2.75, 3.05) is 11.9 Å². The Hall–Kier alpha value is -3.00. The Morgan fingerprint density at radius 3 is 2.79 bits per heavy atom. The number of nitrogens with zero attached hydrogens (tertiary/aromatic N) is 2. The molecule has 2 heterocycles. The van der Waals surface area contributed by atoms with Crippen LogP contribution in [0.1, 0.15) is 23.7 Å². The zero-order valence-electron chi connectivity index (χ0n) is 15.9. The molecule has 0 saturated heterocycles. The molecule has 0 spiro atoms. The summed E-state index contributed by atoms with van der Waals surface area (Å²) in [7, 11) is 0. The van der Waals surface area contributed by atoms with Gasteiger partial charge < -0.3 is 10.1 Å². The predicted molar refractivity (Wildman–Crippen MR) is 109 cm³/mol. The number of esters is 1. The third-order valence-corrected chi connectivity index (χ3v) is 5.08. The van der Waals surface area contributed by atoms with Gasteiger partial charge in [-0.1, -0.05) is 18.2 Å². The fourth-order valence-electron chi connectivity index (χ4n) is 3.05. The molecule has 0 atom stereocenters. The van der Waals surface area contributed by atoms with E-state index in [1.165, 1.54) is 22.0 Å². The van der Waals surface area contributed by atoms with E-state index in [-0.39, 0.29) is 30.4 Å². The van der Waals surface area contributed by atoms with Gasteiger partial charge in [-0.05, 0) is 31.9 Å². The number of anilines is 1. The highest BCUT2D eigenvalue weighted by atomic mass is 32.1. The molecule has 28 heavy (non-hydrogen) atoms. The number of carbonyl (C=O) groups excluding carboxylic acids is 2. The number of thiazole rings is 1. The van der Waals surface area contributed by atoms with E-state index in [4.69, 9.17) is 4.74 Å². The molecule has 1 amide bonds. The number of ether oxygens (including phenoxy) is 1. The lowest BCUT2D eigenvalue weighted by atomic mass is 10.1. The van der Waals surface area contributed by atoms with Gasteiger partial charge in [0.1, 0.15) is 6.54 Å². The molecule has 1 N–H and O–H groups in total. The average molecular weight is 399 g/mol. The average Bonchev–Trinajstić information content (AvgIpc) is 3.05. The van der Waals surface area contributed by atoms with Crippen molar-refractivity contribution in [2.24, 2.45) is 0 Å². The van der Waals surface area contributed by atoms with E-state index >= 15 is 0 Å². The van der Waals surface area contributed by atoms with E-state index in [9.17, 15) is 14.4 Å². The molecule has 0 bridgehead atoms. The minimum Gasteiger partial charge on any atom is -0.466 e. The largest absolute Gasteiger partial charge is 0.466 e. The van der Waals surface area contributed by atoms with E-state index in [1.54, 1.807) is 12.3 Å². The second-order valence-electron chi connectivity index (χ2n) is 6.40. The Morgan fingerprint density at radius 2 is 2.04 bits per heavy atom. The topological polar surface area (TPSA) is 90.3 Å². The molecule has 0 aliphatic carbocycles. The maximum Gasteiger partial charge on any atom is 0.311 e. The van der Waals surface area contributed by atoms with Crippen molar-refractivity contribution in [3.63, 3.8) is 0 Å². The number of nitrogens with one attached hydrogen (secondary N) is 1. The number of rotatable bonds is 6. The smallest absolute Gasteiger partial charge is 0.311 e. The standard InChI is InChI=1S/C20H21N3O4S/c1-4-27-18(26)9-14-11-28-20(21-14)22-16(24)10-23-17(25)8-13(3)15-7-5-6-12(2)19(15)23/h5-8,11H,4,9-10H2,1-3H3,(H,21,22,24). The first-order chi connectivity index (χ1) is 13.4. The summed E-state index contributed by atoms with van der Waals surface area (Å²) in [5.74, 6) is -0.716. The predicted octanol–water partition coefficient (Wildman–Crippen LogP) is 2.82. The molecule has 0 saturated carbocycles. The van der Waals surface area contributed by atoms with Crippen LogP contribution in [-0.2, 0) is 27.3 Å². The fourth-order valence-corrected chi connectivity index (χ4v) is 3.78. The second-order valence-corrected chi connectivity index (χ2v) is 7.25. The zero-order valence-corrected chi connectivity index (χ0v) is 16.8. The number of benzene rings is 1. The third-order valence-electron chi connectivity index (χ3n) is 4.27. The zero-order chi connectivity index (χ0) is 20.3. The van der Waals surface area contributed by atoms with Crippen LogP contribution in [0.5, 0.6) is 0 Å². The van der Waals surface area contributed by atoms with Gasteiger partial charge >= 0.3 is 5.97 Å². The maximum absolute atomic E-state index is 12.5. The summed E-state index contributed by atoms with van der Waals surface area (Å²) in [5, 5.41) is 5.72. The number of aromatic nitrogens is 2. The van der Waals surface area contributed by atoms with Gasteiger partial charge in [-0.3, -0.25) is 19.0 Å². The Morgan fingerprint density at radius 1 is 1.25 bits per heavy atom. The van der Waals surface area contributed by atoms with Crippen LogP contribution in [0.25, 0.3) is 10.9 Å². The van der Waals surface area contributed by atoms with Crippen LogP contribution in [0.15, 0.2) is 34.4 Å². The molecule has 0 radical (unpaired) electrons. The third kappa shape index (κ3) is 4.28. The van der Waals surface area contributed by atoms with Gasteiger partial charge in [0.2, 0.25) is 5.91 Å². The van der Waals surface area contributed by atoms with Crippen LogP contribution in [-0.4, -0.2) is 28.0 Å². The van der Waals surface area contributed by atoms with Crippen molar-refractivity contribution < 1.29 is 14.3 Å². The van der Waals surface area contributed by atoms with E-state index in [0.717, 1.165) is 22.0 Å². The van der Waals surface area contributed by atoms with Crippen LogP contribution in [0.2, 0.25) is 0 Å². The van der Waals surface area contributed by atoms with Gasteiger partial charge in [0.05, 0.1) is 24.2 Å². The molecule has 3 rings (SSSR count). The normalized spacial score (nSPS) is 10.8. The Balaban J connectivity index is 1.79. The quantitative estimate of drug-likeness (QED) is 0.644. The lowest BCUT2D eigenvalue weighted by Crippen LogP contribution is -2.28. The Kier molecular flexibility index (Phi) is 5.89. The number of fused-ring (bicyclic) bond motifs is 1. The summed E-state index contributed by atoms with van der Waals surface area (Å²) < 4.78 is 6.36. The number of aryl methyl sites for hydroxylation is 2. The monoisotopic (exact) mass is 399 g/mol. The van der Waals surface area contributed by atoms with Crippen LogP contribution in [0.3, 0.4) is 0 Å². The van der Waals surface area contributed by atoms with Crippen molar-refractivity contribution in [1.29, 1.82) is 0 Å². The van der Waals surface area contributed by atoms with Crippen molar-refractivity contribution in [1.82, 2.24) is 9.55 Å². The first-order valence-electron chi connectivity index (χ1n) is 8.88. The first-order valence-corrected chi connectivity index (χ1v) is 9.76. The number of hydrogen-bond donors (Lipinski definition) is 1. The highest BCUT2D eigenvalue weighted by Crippen LogP contribution is 2.20. The summed E-state index contributed by atoms with van der Waals surface area (Å²) in [6.07, 6.45) is 0.0570. The van der Waals surface area contributed by atoms with Gasteiger partial charge in [-0.2, -0.15) is 0 Å². The van der Waals surface area contributed by atoms with Crippen molar-refractivity contribution in [3.05, 3.63) is 56.8 Å². The van der Waals surface area contributed by atoms with Crippen LogP contribution in [0, 0.1) is 13.8 Å². The molecule has 0 aliphatic heterocycles. The highest BCUT2D eigenvalue weighted by molar-refractivity contribution is 7.13. The number of amides is 1. The van der Waals surface area contributed by atoms with E-state index in [0.29, 0.717) is 17.4 Å². The van der Waals surface area contributed by atoms with Crippen molar-refractivity contribution in [2.45, 2.75) is 33.7 Å². The molecule has 7 nitrogen and oxygen atoms in total. The summed E-state index contributed by atoms with van der Waals surface area (Å²) in [6, 6.07) is 7.32. The van der Waals surface area contributed by atoms with Crippen molar-refractivity contribution >= 4 is 39.2 Å². The molecule has 0 unspecified atom stereocenters. The van der Waals surface area contributed by atoms with Gasteiger partial charge in [-0.15, -0.1) is 11.3 Å². The molecule has 0 fully saturated rings. The summed E-state index contributed by atoms with van der Waals surface area (Å²) in [4.78, 5) is 40.8. The highest BCUT2D eigenvalue weighted by Gasteiger charge is 2.14. The number of carbonyl (C=O) groups is 2. The Labute approximate surface area is 166 Å². The minimum atomic E-state index is -0.362. The number of para-hydroxylation sites is 1.